The van der Waals surface area contributed by atoms with Gasteiger partial charge in [0.05, 0.1) is 6.33 Å². The largest absolute Gasteiger partial charge is 0.339 e. The van der Waals surface area contributed by atoms with E-state index < -0.39 is 0 Å². The maximum atomic E-state index is 12.1. The number of likely N-dealkylation sites (tertiary alicyclic amines) is 2. The second-order valence-corrected chi connectivity index (χ2v) is 7.39. The molecule has 0 N–H and O–H groups in total. The van der Waals surface area contributed by atoms with Gasteiger partial charge in [-0.2, -0.15) is 0 Å². The van der Waals surface area contributed by atoms with Crippen LogP contribution in [0.1, 0.15) is 38.5 Å². The van der Waals surface area contributed by atoms with Gasteiger partial charge in [-0.3, -0.25) is 4.79 Å². The lowest BCUT2D eigenvalue weighted by Gasteiger charge is -2.47. The monoisotopic (exact) mass is 302 g/mol. The molecule has 3 fully saturated rings. The maximum absolute atomic E-state index is 12.1. The van der Waals surface area contributed by atoms with Crippen LogP contribution in [0.2, 0.25) is 0 Å². The predicted octanol–water partition coefficient (Wildman–Crippen LogP) is 1.75. The third kappa shape index (κ3) is 2.91. The second-order valence-electron chi connectivity index (χ2n) is 7.39. The van der Waals surface area contributed by atoms with E-state index in [0.717, 1.165) is 32.5 Å². The van der Waals surface area contributed by atoms with E-state index in [1.54, 1.807) is 0 Å². The van der Waals surface area contributed by atoms with Gasteiger partial charge in [-0.25, -0.2) is 4.98 Å². The van der Waals surface area contributed by atoms with Crippen LogP contribution >= 0.6 is 0 Å². The smallest absolute Gasteiger partial charge is 0.222 e. The number of carbonyl (C=O) groups is 1. The summed E-state index contributed by atoms with van der Waals surface area (Å²) in [6, 6.07) is 0.587. The molecule has 1 saturated carbocycles. The Balaban J connectivity index is 1.30. The fraction of sp³-hybridized carbons (Fsp3) is 0.765. The Bertz CT molecular complexity index is 515. The Hall–Kier alpha value is -1.36. The van der Waals surface area contributed by atoms with Crippen molar-refractivity contribution < 1.29 is 4.79 Å². The fourth-order valence-corrected chi connectivity index (χ4v) is 4.10. The number of imidazole rings is 1. The summed E-state index contributed by atoms with van der Waals surface area (Å²) in [5.41, 5.74) is 0.419. The minimum Gasteiger partial charge on any atom is -0.339 e. The number of piperidine rings is 2. The second kappa shape index (κ2) is 5.69. The zero-order valence-electron chi connectivity index (χ0n) is 13.3. The average Bonchev–Trinajstić information content (AvgIpc) is 3.25. The van der Waals surface area contributed by atoms with E-state index in [9.17, 15) is 4.79 Å². The number of aromatic nitrogens is 2. The Labute approximate surface area is 132 Å². The van der Waals surface area contributed by atoms with Gasteiger partial charge in [-0.1, -0.05) is 0 Å². The highest BCUT2D eigenvalue weighted by atomic mass is 16.2. The van der Waals surface area contributed by atoms with Crippen molar-refractivity contribution >= 4 is 5.91 Å². The van der Waals surface area contributed by atoms with E-state index in [4.69, 9.17) is 0 Å². The molecule has 3 aliphatic rings. The lowest BCUT2D eigenvalue weighted by molar-refractivity contribution is -0.139. The molecule has 1 aromatic heterocycles. The molecule has 0 aromatic carbocycles. The lowest BCUT2D eigenvalue weighted by atomic mass is 9.72. The molecule has 5 nitrogen and oxygen atoms in total. The van der Waals surface area contributed by atoms with Gasteiger partial charge in [0.25, 0.3) is 0 Å². The van der Waals surface area contributed by atoms with Crippen LogP contribution in [0.5, 0.6) is 0 Å². The van der Waals surface area contributed by atoms with Crippen LogP contribution in [0, 0.1) is 5.41 Å². The van der Waals surface area contributed by atoms with E-state index >= 15 is 0 Å². The molecule has 4 rings (SSSR count). The Morgan fingerprint density at radius 1 is 1.18 bits per heavy atom. The third-order valence-electron chi connectivity index (χ3n) is 5.83. The molecular formula is C17H26N4O. The molecule has 120 valence electrons. The zero-order chi connectivity index (χ0) is 15.0. The van der Waals surface area contributed by atoms with Gasteiger partial charge in [-0.05, 0) is 50.6 Å². The first-order chi connectivity index (χ1) is 10.7. The molecule has 1 aromatic rings. The van der Waals surface area contributed by atoms with Crippen molar-refractivity contribution in [2.45, 2.75) is 51.1 Å². The summed E-state index contributed by atoms with van der Waals surface area (Å²) < 4.78 is 2.15. The van der Waals surface area contributed by atoms with Crippen LogP contribution < -0.4 is 0 Å². The molecule has 1 spiro atoms. The van der Waals surface area contributed by atoms with Crippen LogP contribution in [0.3, 0.4) is 0 Å². The van der Waals surface area contributed by atoms with E-state index in [0.29, 0.717) is 17.4 Å². The quantitative estimate of drug-likeness (QED) is 0.851. The highest BCUT2D eigenvalue weighted by Crippen LogP contribution is 2.43. The number of hydrogen-bond acceptors (Lipinski definition) is 3. The molecule has 0 atom stereocenters. The summed E-state index contributed by atoms with van der Waals surface area (Å²) >= 11 is 0. The number of rotatable bonds is 4. The van der Waals surface area contributed by atoms with E-state index in [-0.39, 0.29) is 0 Å². The number of carbonyl (C=O) groups excluding carboxylic acids is 1. The van der Waals surface area contributed by atoms with Crippen LogP contribution in [0.4, 0.5) is 0 Å². The molecule has 22 heavy (non-hydrogen) atoms. The minimum atomic E-state index is 0.413. The minimum absolute atomic E-state index is 0.413. The van der Waals surface area contributed by atoms with E-state index in [2.05, 4.69) is 19.4 Å². The highest BCUT2D eigenvalue weighted by molar-refractivity contribution is 5.77. The Kier molecular flexibility index (Phi) is 3.68. The first-order valence-electron chi connectivity index (χ1n) is 8.72. The first-order valence-corrected chi connectivity index (χ1v) is 8.72. The molecule has 0 bridgehead atoms. The fourth-order valence-electron chi connectivity index (χ4n) is 4.10. The molecule has 2 aliphatic heterocycles. The van der Waals surface area contributed by atoms with Crippen LogP contribution in [-0.2, 0) is 11.3 Å². The van der Waals surface area contributed by atoms with Crippen molar-refractivity contribution in [3.63, 3.8) is 0 Å². The van der Waals surface area contributed by atoms with Crippen LogP contribution in [-0.4, -0.2) is 57.5 Å². The number of nitrogens with zero attached hydrogens (tertiary/aromatic N) is 4. The van der Waals surface area contributed by atoms with Gasteiger partial charge >= 0.3 is 0 Å². The number of amides is 1. The molecule has 2 saturated heterocycles. The normalized spacial score (nSPS) is 25.8. The van der Waals surface area contributed by atoms with Gasteiger partial charge in [0.2, 0.25) is 5.91 Å². The zero-order valence-corrected chi connectivity index (χ0v) is 13.3. The van der Waals surface area contributed by atoms with Crippen molar-refractivity contribution in [3.8, 4) is 0 Å². The lowest BCUT2D eigenvalue weighted by Crippen LogP contribution is -2.52. The Morgan fingerprint density at radius 2 is 2.00 bits per heavy atom. The summed E-state index contributed by atoms with van der Waals surface area (Å²) in [6.07, 6.45) is 12.7. The van der Waals surface area contributed by atoms with Gasteiger partial charge in [0, 0.05) is 44.5 Å². The predicted molar refractivity (Wildman–Crippen MR) is 84.3 cm³/mol. The van der Waals surface area contributed by atoms with Gasteiger partial charge in [-0.15, -0.1) is 0 Å². The summed E-state index contributed by atoms with van der Waals surface area (Å²) in [4.78, 5) is 21.0. The highest BCUT2D eigenvalue weighted by Gasteiger charge is 2.44. The maximum Gasteiger partial charge on any atom is 0.222 e. The summed E-state index contributed by atoms with van der Waals surface area (Å²) in [7, 11) is 0. The van der Waals surface area contributed by atoms with Crippen molar-refractivity contribution in [2.75, 3.05) is 26.2 Å². The molecule has 3 heterocycles. The standard InChI is InChI=1S/C17H26N4O/c22-16-3-4-17(13-21(16)15-1-2-15)5-8-19(9-6-17)11-12-20-10-7-18-14-20/h7,10,14-15H,1-6,8-9,11-13H2. The number of hydrogen-bond donors (Lipinski definition) is 0. The van der Waals surface area contributed by atoms with E-state index in [1.165, 1.54) is 38.8 Å². The van der Waals surface area contributed by atoms with Gasteiger partial charge in [0.1, 0.15) is 0 Å². The molecule has 0 unspecified atom stereocenters. The Morgan fingerprint density at radius 3 is 2.68 bits per heavy atom. The topological polar surface area (TPSA) is 41.4 Å². The summed E-state index contributed by atoms with van der Waals surface area (Å²) in [5.74, 6) is 0.413. The van der Waals surface area contributed by atoms with Gasteiger partial charge in [0.15, 0.2) is 0 Å². The molecular weight excluding hydrogens is 276 g/mol. The van der Waals surface area contributed by atoms with Gasteiger partial charge < -0.3 is 14.4 Å². The SMILES string of the molecule is O=C1CCC2(CCN(CCn3ccnc3)CC2)CN1C1CC1. The molecule has 0 radical (unpaired) electrons. The van der Waals surface area contributed by atoms with Crippen molar-refractivity contribution in [1.82, 2.24) is 19.4 Å². The molecule has 5 heteroatoms. The van der Waals surface area contributed by atoms with Crippen molar-refractivity contribution in [2.24, 2.45) is 5.41 Å². The first kappa shape index (κ1) is 14.2. The summed E-state index contributed by atoms with van der Waals surface area (Å²) in [6.45, 7) is 5.53. The van der Waals surface area contributed by atoms with Crippen LogP contribution in [0.15, 0.2) is 18.7 Å². The third-order valence-corrected chi connectivity index (χ3v) is 5.83. The molecule has 1 amide bonds. The van der Waals surface area contributed by atoms with Crippen molar-refractivity contribution in [3.05, 3.63) is 18.7 Å². The van der Waals surface area contributed by atoms with Crippen molar-refractivity contribution in [1.29, 1.82) is 0 Å². The van der Waals surface area contributed by atoms with Crippen LogP contribution in [0.25, 0.3) is 0 Å². The molecule has 1 aliphatic carbocycles. The average molecular weight is 302 g/mol. The summed E-state index contributed by atoms with van der Waals surface area (Å²) in [5, 5.41) is 0. The van der Waals surface area contributed by atoms with E-state index in [1.807, 2.05) is 18.7 Å².